The van der Waals surface area contributed by atoms with Gasteiger partial charge in [0.25, 0.3) is 0 Å². The Bertz CT molecular complexity index is 394. The second kappa shape index (κ2) is 17.3. The van der Waals surface area contributed by atoms with Gasteiger partial charge in [0.05, 0.1) is 0 Å². The average molecular weight is 441 g/mol. The summed E-state index contributed by atoms with van der Waals surface area (Å²) in [5.41, 5.74) is 12.2. The standard InChI is InChI=1S/C15H30N2.C12H26O2/c1-10-7-12(3-5-14(10)16)9-13-4-6-15(17)11(2)8-13;1-2-3-4-5-6-7-8-9-10-11-12(13)14/h10-15H,3-9,16-17H2,1-2H3;12-14H,2-11H2,1H3. The Hall–Kier alpha value is -0.160. The van der Waals surface area contributed by atoms with Crippen LogP contribution in [0.2, 0.25) is 0 Å². The lowest BCUT2D eigenvalue weighted by Gasteiger charge is -2.37. The minimum absolute atomic E-state index is 0.463. The summed E-state index contributed by atoms with van der Waals surface area (Å²) in [7, 11) is 0. The molecule has 6 N–H and O–H groups in total. The third-order valence-electron chi connectivity index (χ3n) is 7.92. The van der Waals surface area contributed by atoms with Crippen molar-refractivity contribution in [2.45, 2.75) is 148 Å². The second-order valence-electron chi connectivity index (χ2n) is 11.0. The van der Waals surface area contributed by atoms with Gasteiger partial charge in [-0.3, -0.25) is 0 Å². The Kier molecular flexibility index (Phi) is 16.1. The van der Waals surface area contributed by atoms with Crippen molar-refractivity contribution in [2.75, 3.05) is 0 Å². The molecule has 0 amide bonds. The highest BCUT2D eigenvalue weighted by atomic mass is 16.5. The molecule has 186 valence electrons. The zero-order valence-corrected chi connectivity index (χ0v) is 21.1. The SMILES string of the molecule is CC1CC(CC2CCC(N)C(C)C2)CCC1N.CCCCCCCCCCCC(O)O. The van der Waals surface area contributed by atoms with Crippen LogP contribution in [0.25, 0.3) is 0 Å². The molecule has 0 saturated heterocycles. The largest absolute Gasteiger partial charge is 0.368 e. The van der Waals surface area contributed by atoms with Gasteiger partial charge in [-0.2, -0.15) is 0 Å². The Labute approximate surface area is 193 Å². The lowest BCUT2D eigenvalue weighted by atomic mass is 9.71. The highest BCUT2D eigenvalue weighted by Gasteiger charge is 2.30. The topological polar surface area (TPSA) is 92.5 Å². The Morgan fingerprint density at radius 3 is 1.48 bits per heavy atom. The van der Waals surface area contributed by atoms with Crippen molar-refractivity contribution < 1.29 is 10.2 Å². The molecule has 2 saturated carbocycles. The molecule has 0 aliphatic heterocycles. The summed E-state index contributed by atoms with van der Waals surface area (Å²) in [4.78, 5) is 0. The van der Waals surface area contributed by atoms with Gasteiger partial charge in [0.1, 0.15) is 0 Å². The number of aliphatic hydroxyl groups is 2. The van der Waals surface area contributed by atoms with Crippen molar-refractivity contribution in [1.82, 2.24) is 0 Å². The van der Waals surface area contributed by atoms with E-state index in [9.17, 15) is 0 Å². The van der Waals surface area contributed by atoms with Crippen molar-refractivity contribution >= 4 is 0 Å². The van der Waals surface area contributed by atoms with Gasteiger partial charge in [-0.25, -0.2) is 0 Å². The predicted molar refractivity (Wildman–Crippen MR) is 134 cm³/mol. The smallest absolute Gasteiger partial charge is 0.151 e. The maximum Gasteiger partial charge on any atom is 0.151 e. The van der Waals surface area contributed by atoms with Crippen molar-refractivity contribution in [3.05, 3.63) is 0 Å². The van der Waals surface area contributed by atoms with E-state index in [0.29, 0.717) is 18.5 Å². The van der Waals surface area contributed by atoms with Gasteiger partial charge >= 0.3 is 0 Å². The van der Waals surface area contributed by atoms with Gasteiger partial charge in [0.15, 0.2) is 6.29 Å². The third kappa shape index (κ3) is 13.9. The molecule has 4 nitrogen and oxygen atoms in total. The summed E-state index contributed by atoms with van der Waals surface area (Å²) in [6.45, 7) is 6.90. The van der Waals surface area contributed by atoms with Crippen LogP contribution in [0.4, 0.5) is 0 Å². The van der Waals surface area contributed by atoms with Crippen LogP contribution in [0.15, 0.2) is 0 Å². The summed E-state index contributed by atoms with van der Waals surface area (Å²) in [6, 6.07) is 0.926. The number of aliphatic hydroxyl groups excluding tert-OH is 1. The van der Waals surface area contributed by atoms with Crippen LogP contribution in [0.5, 0.6) is 0 Å². The van der Waals surface area contributed by atoms with Gasteiger partial charge < -0.3 is 21.7 Å². The van der Waals surface area contributed by atoms with Crippen LogP contribution in [0.3, 0.4) is 0 Å². The fourth-order valence-electron chi connectivity index (χ4n) is 5.60. The quantitative estimate of drug-likeness (QED) is 0.217. The summed E-state index contributed by atoms with van der Waals surface area (Å²) in [6.07, 6.45) is 20.3. The Balaban J connectivity index is 0.000000318. The van der Waals surface area contributed by atoms with Crippen LogP contribution in [0, 0.1) is 23.7 Å². The normalized spacial score (nSPS) is 31.4. The lowest BCUT2D eigenvalue weighted by molar-refractivity contribution is -0.0466. The van der Waals surface area contributed by atoms with Crippen LogP contribution in [0.1, 0.15) is 130 Å². The van der Waals surface area contributed by atoms with Crippen LogP contribution < -0.4 is 11.5 Å². The number of hydrogen-bond acceptors (Lipinski definition) is 4. The van der Waals surface area contributed by atoms with E-state index in [1.54, 1.807) is 0 Å². The molecule has 0 bridgehead atoms. The predicted octanol–water partition coefficient (Wildman–Crippen LogP) is 6.12. The molecule has 4 heteroatoms. The van der Waals surface area contributed by atoms with E-state index < -0.39 is 6.29 Å². The highest BCUT2D eigenvalue weighted by Crippen LogP contribution is 2.38. The van der Waals surface area contributed by atoms with E-state index in [1.807, 2.05) is 0 Å². The molecular formula is C27H56N2O2. The van der Waals surface area contributed by atoms with E-state index in [-0.39, 0.29) is 0 Å². The molecule has 31 heavy (non-hydrogen) atoms. The summed E-state index contributed by atoms with van der Waals surface area (Å²) in [5.74, 6) is 3.35. The summed E-state index contributed by atoms with van der Waals surface area (Å²) < 4.78 is 0. The minimum Gasteiger partial charge on any atom is -0.368 e. The van der Waals surface area contributed by atoms with E-state index in [4.69, 9.17) is 21.7 Å². The summed E-state index contributed by atoms with van der Waals surface area (Å²) >= 11 is 0. The molecule has 2 aliphatic carbocycles. The van der Waals surface area contributed by atoms with Crippen LogP contribution >= 0.6 is 0 Å². The van der Waals surface area contributed by atoms with Crippen molar-refractivity contribution in [3.8, 4) is 0 Å². The summed E-state index contributed by atoms with van der Waals surface area (Å²) in [5, 5.41) is 17.2. The molecule has 2 rings (SSSR count). The molecule has 0 heterocycles. The van der Waals surface area contributed by atoms with Gasteiger partial charge in [-0.1, -0.05) is 72.1 Å². The van der Waals surface area contributed by atoms with Gasteiger partial charge in [0, 0.05) is 12.1 Å². The fourth-order valence-corrected chi connectivity index (χ4v) is 5.60. The number of nitrogens with two attached hydrogens (primary N) is 2. The monoisotopic (exact) mass is 440 g/mol. The van der Waals surface area contributed by atoms with Crippen molar-refractivity contribution in [3.63, 3.8) is 0 Å². The first kappa shape index (κ1) is 28.9. The fraction of sp³-hybridized carbons (Fsp3) is 1.00. The first-order valence-electron chi connectivity index (χ1n) is 13.7. The molecule has 2 fully saturated rings. The zero-order valence-electron chi connectivity index (χ0n) is 21.1. The first-order valence-corrected chi connectivity index (χ1v) is 13.7. The third-order valence-corrected chi connectivity index (χ3v) is 7.92. The maximum atomic E-state index is 8.61. The molecule has 0 aromatic heterocycles. The highest BCUT2D eigenvalue weighted by molar-refractivity contribution is 4.85. The first-order chi connectivity index (χ1) is 14.8. The van der Waals surface area contributed by atoms with E-state index in [2.05, 4.69) is 20.8 Å². The molecule has 2 aliphatic rings. The number of hydrogen-bond donors (Lipinski definition) is 4. The maximum absolute atomic E-state index is 8.61. The van der Waals surface area contributed by atoms with E-state index >= 15 is 0 Å². The lowest BCUT2D eigenvalue weighted by Crippen LogP contribution is -2.37. The molecule has 0 radical (unpaired) electrons. The van der Waals surface area contributed by atoms with Crippen LogP contribution in [-0.4, -0.2) is 28.6 Å². The Morgan fingerprint density at radius 2 is 1.10 bits per heavy atom. The van der Waals surface area contributed by atoms with Crippen molar-refractivity contribution in [1.29, 1.82) is 0 Å². The van der Waals surface area contributed by atoms with Gasteiger partial charge in [0.2, 0.25) is 0 Å². The molecule has 6 atom stereocenters. The zero-order chi connectivity index (χ0) is 23.1. The molecule has 0 aromatic carbocycles. The van der Waals surface area contributed by atoms with Crippen LogP contribution in [-0.2, 0) is 0 Å². The number of rotatable bonds is 12. The molecule has 0 spiro atoms. The van der Waals surface area contributed by atoms with Gasteiger partial charge in [-0.05, 0) is 81.5 Å². The minimum atomic E-state index is -1.10. The average Bonchev–Trinajstić information content (AvgIpc) is 2.72. The molecule has 6 unspecified atom stereocenters. The Morgan fingerprint density at radius 1 is 0.677 bits per heavy atom. The van der Waals surface area contributed by atoms with E-state index in [0.717, 1.165) is 36.5 Å². The van der Waals surface area contributed by atoms with Gasteiger partial charge in [-0.15, -0.1) is 0 Å². The molecule has 0 aromatic rings. The number of unbranched alkanes of at least 4 members (excludes halogenated alkanes) is 8. The van der Waals surface area contributed by atoms with Crippen molar-refractivity contribution in [2.24, 2.45) is 35.1 Å². The van der Waals surface area contributed by atoms with E-state index in [1.165, 1.54) is 89.9 Å². The molecular weight excluding hydrogens is 384 g/mol. The second-order valence-corrected chi connectivity index (χ2v) is 11.0.